The Labute approximate surface area is 171 Å². The number of hydrogen-bond donors (Lipinski definition) is 2. The molecule has 0 atom stereocenters. The molecule has 0 saturated heterocycles. The Morgan fingerprint density at radius 3 is 2.43 bits per heavy atom. The molecule has 28 heavy (non-hydrogen) atoms. The SMILES string of the molecule is O=C(Nc1ccc2c(c1)N(C(=O)c1ccccc1)CC2)Nc1ccccc1Br. The van der Waals surface area contributed by atoms with E-state index in [1.165, 1.54) is 0 Å². The minimum absolute atomic E-state index is 0.0332. The maximum Gasteiger partial charge on any atom is 0.323 e. The predicted octanol–water partition coefficient (Wildman–Crippen LogP) is 5.30. The summed E-state index contributed by atoms with van der Waals surface area (Å²) in [4.78, 5) is 27.0. The number of benzene rings is 3. The summed E-state index contributed by atoms with van der Waals surface area (Å²) in [6, 6.07) is 22.0. The van der Waals surface area contributed by atoms with Crippen molar-refractivity contribution in [3.8, 4) is 0 Å². The van der Waals surface area contributed by atoms with E-state index in [1.807, 2.05) is 72.8 Å². The van der Waals surface area contributed by atoms with Crippen LogP contribution < -0.4 is 15.5 Å². The Morgan fingerprint density at radius 2 is 1.64 bits per heavy atom. The first kappa shape index (κ1) is 18.3. The summed E-state index contributed by atoms with van der Waals surface area (Å²) in [5.74, 6) is -0.0332. The molecule has 0 fully saturated rings. The van der Waals surface area contributed by atoms with Crippen LogP contribution in [0.5, 0.6) is 0 Å². The van der Waals surface area contributed by atoms with Crippen LogP contribution in [0.4, 0.5) is 21.9 Å². The lowest BCUT2D eigenvalue weighted by Crippen LogP contribution is -2.29. The van der Waals surface area contributed by atoms with Crippen molar-refractivity contribution in [1.29, 1.82) is 0 Å². The van der Waals surface area contributed by atoms with Gasteiger partial charge in [0.05, 0.1) is 5.69 Å². The zero-order chi connectivity index (χ0) is 19.5. The number of halogens is 1. The standard InChI is InChI=1S/C22H18BrN3O2/c23-18-8-4-5-9-19(18)25-22(28)24-17-11-10-15-12-13-26(20(15)14-17)21(27)16-6-2-1-3-7-16/h1-11,14H,12-13H2,(H2,24,25,28). The van der Waals surface area contributed by atoms with E-state index >= 15 is 0 Å². The van der Waals surface area contributed by atoms with Crippen molar-refractivity contribution in [3.63, 3.8) is 0 Å². The molecule has 0 spiro atoms. The highest BCUT2D eigenvalue weighted by Crippen LogP contribution is 2.32. The van der Waals surface area contributed by atoms with E-state index in [0.29, 0.717) is 23.5 Å². The maximum atomic E-state index is 12.8. The number of anilines is 3. The quantitative estimate of drug-likeness (QED) is 0.586. The number of urea groups is 1. The molecule has 140 valence electrons. The second-order valence-corrected chi connectivity index (χ2v) is 7.33. The molecule has 1 heterocycles. The molecule has 2 N–H and O–H groups in total. The van der Waals surface area contributed by atoms with E-state index in [1.54, 1.807) is 4.90 Å². The molecule has 4 rings (SSSR count). The van der Waals surface area contributed by atoms with Crippen LogP contribution in [0.3, 0.4) is 0 Å². The molecule has 0 aromatic heterocycles. The molecular weight excluding hydrogens is 418 g/mol. The van der Waals surface area contributed by atoms with Crippen LogP contribution in [0.15, 0.2) is 77.3 Å². The minimum Gasteiger partial charge on any atom is -0.308 e. The Bertz CT molecular complexity index is 1040. The first-order valence-corrected chi connectivity index (χ1v) is 9.73. The van der Waals surface area contributed by atoms with Crippen molar-refractivity contribution < 1.29 is 9.59 Å². The molecule has 0 saturated carbocycles. The summed E-state index contributed by atoms with van der Waals surface area (Å²) in [6.45, 7) is 0.635. The van der Waals surface area contributed by atoms with Gasteiger partial charge in [0.25, 0.3) is 5.91 Å². The number of para-hydroxylation sites is 1. The minimum atomic E-state index is -0.342. The van der Waals surface area contributed by atoms with Crippen LogP contribution in [-0.2, 0) is 6.42 Å². The molecule has 1 aliphatic heterocycles. The van der Waals surface area contributed by atoms with Crippen LogP contribution in [0.1, 0.15) is 15.9 Å². The fraction of sp³-hybridized carbons (Fsp3) is 0.0909. The van der Waals surface area contributed by atoms with Gasteiger partial charge in [-0.2, -0.15) is 0 Å². The van der Waals surface area contributed by atoms with Gasteiger partial charge in [-0.3, -0.25) is 4.79 Å². The van der Waals surface area contributed by atoms with E-state index in [0.717, 1.165) is 22.1 Å². The number of carbonyl (C=O) groups is 2. The van der Waals surface area contributed by atoms with Gasteiger partial charge >= 0.3 is 6.03 Å². The summed E-state index contributed by atoms with van der Waals surface area (Å²) in [5.41, 5.74) is 3.91. The molecule has 3 aromatic carbocycles. The van der Waals surface area contributed by atoms with E-state index in [4.69, 9.17) is 0 Å². The highest BCUT2D eigenvalue weighted by molar-refractivity contribution is 9.10. The monoisotopic (exact) mass is 435 g/mol. The van der Waals surface area contributed by atoms with E-state index in [-0.39, 0.29) is 11.9 Å². The van der Waals surface area contributed by atoms with E-state index < -0.39 is 0 Å². The van der Waals surface area contributed by atoms with Gasteiger partial charge in [0.2, 0.25) is 0 Å². The van der Waals surface area contributed by atoms with Crippen molar-refractivity contribution in [2.24, 2.45) is 0 Å². The lowest BCUT2D eigenvalue weighted by atomic mass is 10.1. The van der Waals surface area contributed by atoms with Crippen LogP contribution >= 0.6 is 15.9 Å². The topological polar surface area (TPSA) is 61.4 Å². The second-order valence-electron chi connectivity index (χ2n) is 6.48. The zero-order valence-corrected chi connectivity index (χ0v) is 16.6. The van der Waals surface area contributed by atoms with Gasteiger partial charge in [-0.25, -0.2) is 4.79 Å². The molecular formula is C22H18BrN3O2. The van der Waals surface area contributed by atoms with Gasteiger partial charge in [-0.15, -0.1) is 0 Å². The number of carbonyl (C=O) groups excluding carboxylic acids is 2. The van der Waals surface area contributed by atoms with Crippen LogP contribution in [0, 0.1) is 0 Å². The third kappa shape index (κ3) is 3.77. The van der Waals surface area contributed by atoms with Gasteiger partial charge < -0.3 is 15.5 Å². The van der Waals surface area contributed by atoms with Crippen molar-refractivity contribution in [1.82, 2.24) is 0 Å². The van der Waals surface area contributed by atoms with Crippen molar-refractivity contribution >= 4 is 44.9 Å². The molecule has 3 aromatic rings. The second kappa shape index (κ2) is 7.86. The van der Waals surface area contributed by atoms with Crippen molar-refractivity contribution in [3.05, 3.63) is 88.4 Å². The number of nitrogens with one attached hydrogen (secondary N) is 2. The Hall–Kier alpha value is -3.12. The van der Waals surface area contributed by atoms with Gasteiger partial charge in [-0.1, -0.05) is 36.4 Å². The molecule has 0 bridgehead atoms. The highest BCUT2D eigenvalue weighted by Gasteiger charge is 2.26. The Kier molecular flexibility index (Phi) is 5.12. The molecule has 3 amide bonds. The molecule has 6 heteroatoms. The van der Waals surface area contributed by atoms with Gasteiger partial charge in [0, 0.05) is 28.0 Å². The molecule has 0 unspecified atom stereocenters. The fourth-order valence-electron chi connectivity index (χ4n) is 3.25. The average molecular weight is 436 g/mol. The summed E-state index contributed by atoms with van der Waals surface area (Å²) < 4.78 is 0.804. The lowest BCUT2D eigenvalue weighted by molar-refractivity contribution is 0.0989. The summed E-state index contributed by atoms with van der Waals surface area (Å²) in [5, 5.41) is 5.65. The third-order valence-electron chi connectivity index (χ3n) is 4.63. The normalized spacial score (nSPS) is 12.4. The van der Waals surface area contributed by atoms with Crippen molar-refractivity contribution in [2.45, 2.75) is 6.42 Å². The van der Waals surface area contributed by atoms with E-state index in [2.05, 4.69) is 26.6 Å². The largest absolute Gasteiger partial charge is 0.323 e. The number of nitrogens with zero attached hydrogens (tertiary/aromatic N) is 1. The smallest absolute Gasteiger partial charge is 0.308 e. The number of fused-ring (bicyclic) bond motifs is 1. The summed E-state index contributed by atoms with van der Waals surface area (Å²) in [6.07, 6.45) is 0.803. The van der Waals surface area contributed by atoms with Gasteiger partial charge in [0.1, 0.15) is 0 Å². The van der Waals surface area contributed by atoms with Crippen LogP contribution in [0.2, 0.25) is 0 Å². The fourth-order valence-corrected chi connectivity index (χ4v) is 3.64. The summed E-state index contributed by atoms with van der Waals surface area (Å²) >= 11 is 3.41. The van der Waals surface area contributed by atoms with Gasteiger partial charge in [-0.05, 0) is 64.3 Å². The molecule has 1 aliphatic rings. The number of hydrogen-bond acceptors (Lipinski definition) is 2. The molecule has 0 aliphatic carbocycles. The molecule has 0 radical (unpaired) electrons. The third-order valence-corrected chi connectivity index (χ3v) is 5.32. The van der Waals surface area contributed by atoms with E-state index in [9.17, 15) is 9.59 Å². The maximum absolute atomic E-state index is 12.8. The summed E-state index contributed by atoms with van der Waals surface area (Å²) in [7, 11) is 0. The number of rotatable bonds is 3. The average Bonchev–Trinajstić information content (AvgIpc) is 3.13. The first-order chi connectivity index (χ1) is 13.6. The van der Waals surface area contributed by atoms with Crippen LogP contribution in [0.25, 0.3) is 0 Å². The molecule has 5 nitrogen and oxygen atoms in total. The van der Waals surface area contributed by atoms with Crippen LogP contribution in [-0.4, -0.2) is 18.5 Å². The Morgan fingerprint density at radius 1 is 0.893 bits per heavy atom. The number of amides is 3. The predicted molar refractivity (Wildman–Crippen MR) is 115 cm³/mol. The first-order valence-electron chi connectivity index (χ1n) is 8.94. The zero-order valence-electron chi connectivity index (χ0n) is 15.0. The highest BCUT2D eigenvalue weighted by atomic mass is 79.9. The van der Waals surface area contributed by atoms with Gasteiger partial charge in [0.15, 0.2) is 0 Å². The lowest BCUT2D eigenvalue weighted by Gasteiger charge is -2.18. The Balaban J connectivity index is 1.51. The van der Waals surface area contributed by atoms with Crippen molar-refractivity contribution in [2.75, 3.05) is 22.1 Å².